The Morgan fingerprint density at radius 1 is 1.17 bits per heavy atom. The summed E-state index contributed by atoms with van der Waals surface area (Å²) in [4.78, 5) is 12.4. The molecule has 2 aromatic carbocycles. The van der Waals surface area contributed by atoms with Crippen LogP contribution in [0.1, 0.15) is 10.4 Å². The Bertz CT molecular complexity index is 866. The fraction of sp³-hybridized carbons (Fsp3) is 0.188. The summed E-state index contributed by atoms with van der Waals surface area (Å²) in [7, 11) is 0.724. The van der Waals surface area contributed by atoms with E-state index in [0.717, 1.165) is 8.78 Å². The van der Waals surface area contributed by atoms with Crippen molar-refractivity contribution in [2.45, 2.75) is 4.90 Å². The van der Waals surface area contributed by atoms with Gasteiger partial charge in [0.15, 0.2) is 0 Å². The van der Waals surface area contributed by atoms with E-state index in [9.17, 15) is 13.2 Å². The van der Waals surface area contributed by atoms with Crippen LogP contribution in [0.2, 0.25) is 0 Å². The molecule has 6 nitrogen and oxygen atoms in total. The van der Waals surface area contributed by atoms with E-state index >= 15 is 0 Å². The van der Waals surface area contributed by atoms with Gasteiger partial charge in [0, 0.05) is 24.1 Å². The first-order chi connectivity index (χ1) is 11.3. The molecule has 8 heteroatoms. The third-order valence-corrected chi connectivity index (χ3v) is 5.59. The van der Waals surface area contributed by atoms with Crippen molar-refractivity contribution in [1.82, 2.24) is 4.31 Å². The van der Waals surface area contributed by atoms with Crippen LogP contribution in [0.5, 0.6) is 5.75 Å². The molecular weight excluding hydrogens is 396 g/mol. The van der Waals surface area contributed by atoms with E-state index in [4.69, 9.17) is 4.74 Å². The Kier molecular flexibility index (Phi) is 5.63. The van der Waals surface area contributed by atoms with Crippen LogP contribution in [-0.4, -0.2) is 39.8 Å². The number of rotatable bonds is 5. The van der Waals surface area contributed by atoms with Crippen molar-refractivity contribution in [3.05, 3.63) is 52.5 Å². The number of halogens is 1. The van der Waals surface area contributed by atoms with Crippen LogP contribution in [0.15, 0.2) is 51.8 Å². The van der Waals surface area contributed by atoms with Crippen molar-refractivity contribution < 1.29 is 17.9 Å². The molecule has 0 heterocycles. The minimum absolute atomic E-state index is 0.0674. The fourth-order valence-corrected chi connectivity index (χ4v) is 3.31. The highest BCUT2D eigenvalue weighted by Crippen LogP contribution is 2.29. The maximum Gasteiger partial charge on any atom is 0.255 e. The van der Waals surface area contributed by atoms with Crippen molar-refractivity contribution in [2.75, 3.05) is 26.5 Å². The second-order valence-corrected chi connectivity index (χ2v) is 8.18. The molecule has 0 unspecified atom stereocenters. The number of nitrogens with zero attached hydrogens (tertiary/aromatic N) is 1. The first-order valence-electron chi connectivity index (χ1n) is 6.93. The van der Waals surface area contributed by atoms with Crippen molar-refractivity contribution in [1.29, 1.82) is 0 Å². The predicted octanol–water partition coefficient (Wildman–Crippen LogP) is 2.96. The van der Waals surface area contributed by atoms with Crippen LogP contribution < -0.4 is 10.1 Å². The molecule has 0 aliphatic carbocycles. The molecule has 2 rings (SSSR count). The Hall–Kier alpha value is -1.90. The second kappa shape index (κ2) is 7.33. The molecule has 0 aliphatic heterocycles. The summed E-state index contributed by atoms with van der Waals surface area (Å²) in [5.74, 6) is 0.00468. The number of carbonyl (C=O) groups is 1. The molecule has 0 saturated heterocycles. The van der Waals surface area contributed by atoms with E-state index in [1.807, 2.05) is 6.07 Å². The highest BCUT2D eigenvalue weighted by molar-refractivity contribution is 9.10. The first kappa shape index (κ1) is 18.4. The first-order valence-corrected chi connectivity index (χ1v) is 9.16. The van der Waals surface area contributed by atoms with Gasteiger partial charge in [0.05, 0.1) is 17.7 Å². The summed E-state index contributed by atoms with van der Waals surface area (Å²) < 4.78 is 31.6. The van der Waals surface area contributed by atoms with Crippen LogP contribution in [0.4, 0.5) is 5.69 Å². The number of carbonyl (C=O) groups excluding carboxylic acids is 1. The Morgan fingerprint density at radius 3 is 2.46 bits per heavy atom. The average Bonchev–Trinajstić information content (AvgIpc) is 2.54. The maximum absolute atomic E-state index is 12.4. The lowest BCUT2D eigenvalue weighted by molar-refractivity contribution is 0.102. The van der Waals surface area contributed by atoms with E-state index in [2.05, 4.69) is 21.2 Å². The number of anilines is 1. The zero-order valence-electron chi connectivity index (χ0n) is 13.4. The van der Waals surface area contributed by atoms with Gasteiger partial charge in [-0.15, -0.1) is 0 Å². The lowest BCUT2D eigenvalue weighted by Gasteiger charge is -2.15. The molecule has 1 N–H and O–H groups in total. The number of ether oxygens (including phenoxy) is 1. The monoisotopic (exact) mass is 412 g/mol. The summed E-state index contributed by atoms with van der Waals surface area (Å²) in [5, 5.41) is 2.69. The third kappa shape index (κ3) is 3.95. The van der Waals surface area contributed by atoms with E-state index in [1.54, 1.807) is 18.2 Å². The predicted molar refractivity (Wildman–Crippen MR) is 96.0 cm³/mol. The second-order valence-electron chi connectivity index (χ2n) is 5.11. The van der Waals surface area contributed by atoms with Crippen molar-refractivity contribution in [3.63, 3.8) is 0 Å². The summed E-state index contributed by atoms with van der Waals surface area (Å²) in [5.41, 5.74) is 0.720. The maximum atomic E-state index is 12.4. The number of amides is 1. The third-order valence-electron chi connectivity index (χ3n) is 3.28. The molecule has 2 aromatic rings. The molecule has 24 heavy (non-hydrogen) atoms. The van der Waals surface area contributed by atoms with Gasteiger partial charge in [-0.05, 0) is 36.4 Å². The molecular formula is C16H17BrN2O4S. The zero-order valence-corrected chi connectivity index (χ0v) is 15.8. The number of hydrogen-bond acceptors (Lipinski definition) is 4. The quantitative estimate of drug-likeness (QED) is 0.818. The van der Waals surface area contributed by atoms with Gasteiger partial charge < -0.3 is 10.1 Å². The van der Waals surface area contributed by atoms with Crippen LogP contribution in [-0.2, 0) is 10.0 Å². The van der Waals surface area contributed by atoms with Crippen LogP contribution in [0.3, 0.4) is 0 Å². The molecule has 1 amide bonds. The van der Waals surface area contributed by atoms with Gasteiger partial charge in [-0.2, -0.15) is 0 Å². The molecule has 0 radical (unpaired) electrons. The van der Waals surface area contributed by atoms with Gasteiger partial charge in [0.25, 0.3) is 5.91 Å². The number of hydrogen-bond donors (Lipinski definition) is 1. The largest absolute Gasteiger partial charge is 0.495 e. The molecule has 0 saturated carbocycles. The molecule has 0 aromatic heterocycles. The number of sulfonamides is 1. The van der Waals surface area contributed by atoms with Gasteiger partial charge in [-0.3, -0.25) is 4.79 Å². The van der Waals surface area contributed by atoms with Gasteiger partial charge in [0.2, 0.25) is 10.0 Å². The molecule has 0 bridgehead atoms. The molecule has 0 atom stereocenters. The lowest BCUT2D eigenvalue weighted by Crippen LogP contribution is -2.22. The van der Waals surface area contributed by atoms with Gasteiger partial charge in [-0.25, -0.2) is 12.7 Å². The molecule has 0 fully saturated rings. The standard InChI is InChI=1S/C16H17BrN2O4S/c1-19(2)24(21,22)13-7-8-15(23-3)14(10-13)18-16(20)11-5-4-6-12(17)9-11/h4-10H,1-3H3,(H,18,20). The van der Waals surface area contributed by atoms with Crippen LogP contribution in [0, 0.1) is 0 Å². The average molecular weight is 413 g/mol. The lowest BCUT2D eigenvalue weighted by atomic mass is 10.2. The SMILES string of the molecule is COc1ccc(S(=O)(=O)N(C)C)cc1NC(=O)c1cccc(Br)c1. The Labute approximate surface area is 149 Å². The minimum Gasteiger partial charge on any atom is -0.495 e. The summed E-state index contributed by atoms with van der Waals surface area (Å²) >= 11 is 3.31. The highest BCUT2D eigenvalue weighted by Gasteiger charge is 2.20. The molecule has 0 spiro atoms. The minimum atomic E-state index is -3.61. The fourth-order valence-electron chi connectivity index (χ4n) is 1.98. The molecule has 0 aliphatic rings. The van der Waals surface area contributed by atoms with E-state index < -0.39 is 10.0 Å². The zero-order chi connectivity index (χ0) is 17.9. The Morgan fingerprint density at radius 2 is 1.88 bits per heavy atom. The molecule has 128 valence electrons. The van der Waals surface area contributed by atoms with Gasteiger partial charge in [-0.1, -0.05) is 22.0 Å². The number of methoxy groups -OCH3 is 1. The van der Waals surface area contributed by atoms with Crippen molar-refractivity contribution >= 4 is 37.5 Å². The summed E-state index contributed by atoms with van der Waals surface area (Å²) in [6.07, 6.45) is 0. The van der Waals surface area contributed by atoms with Crippen LogP contribution >= 0.6 is 15.9 Å². The van der Waals surface area contributed by atoms with Crippen molar-refractivity contribution in [3.8, 4) is 5.75 Å². The van der Waals surface area contributed by atoms with Gasteiger partial charge >= 0.3 is 0 Å². The van der Waals surface area contributed by atoms with Crippen LogP contribution in [0.25, 0.3) is 0 Å². The van der Waals surface area contributed by atoms with E-state index in [0.29, 0.717) is 11.3 Å². The summed E-state index contributed by atoms with van der Waals surface area (Å²) in [6.45, 7) is 0. The number of benzene rings is 2. The van der Waals surface area contributed by atoms with Crippen molar-refractivity contribution in [2.24, 2.45) is 0 Å². The summed E-state index contributed by atoms with van der Waals surface area (Å²) in [6, 6.07) is 11.2. The smallest absolute Gasteiger partial charge is 0.255 e. The van der Waals surface area contributed by atoms with Gasteiger partial charge in [0.1, 0.15) is 5.75 Å². The highest BCUT2D eigenvalue weighted by atomic mass is 79.9. The number of nitrogens with one attached hydrogen (secondary N) is 1. The van der Waals surface area contributed by atoms with E-state index in [-0.39, 0.29) is 16.5 Å². The topological polar surface area (TPSA) is 75.7 Å². The van der Waals surface area contributed by atoms with E-state index in [1.165, 1.54) is 39.4 Å². The normalized spacial score (nSPS) is 11.4. The Balaban J connectivity index is 2.40.